The molecular weight excluding hydrogens is 276 g/mol. The Morgan fingerprint density at radius 2 is 2.24 bits per heavy atom. The highest BCUT2D eigenvalue weighted by Crippen LogP contribution is 2.31. The van der Waals surface area contributed by atoms with Crippen LogP contribution in [0.5, 0.6) is 0 Å². The summed E-state index contributed by atoms with van der Waals surface area (Å²) in [5.41, 5.74) is 8.39. The van der Waals surface area contributed by atoms with Crippen LogP contribution < -0.4 is 10.6 Å². The van der Waals surface area contributed by atoms with Gasteiger partial charge in [-0.15, -0.1) is 0 Å². The van der Waals surface area contributed by atoms with Crippen LogP contribution in [0.15, 0.2) is 22.7 Å². The summed E-state index contributed by atoms with van der Waals surface area (Å²) < 4.78 is 1.17. The highest BCUT2D eigenvalue weighted by atomic mass is 79.9. The lowest BCUT2D eigenvalue weighted by atomic mass is 9.99. The molecule has 17 heavy (non-hydrogen) atoms. The van der Waals surface area contributed by atoms with Crippen molar-refractivity contribution >= 4 is 21.6 Å². The lowest BCUT2D eigenvalue weighted by molar-refractivity contribution is 0.446. The number of rotatable bonds is 2. The number of benzene rings is 1. The summed E-state index contributed by atoms with van der Waals surface area (Å²) in [7, 11) is 0. The van der Waals surface area contributed by atoms with Gasteiger partial charge in [-0.25, -0.2) is 0 Å². The molecule has 0 spiro atoms. The fourth-order valence-corrected chi connectivity index (χ4v) is 3.12. The summed E-state index contributed by atoms with van der Waals surface area (Å²) in [6.45, 7) is 6.68. The summed E-state index contributed by atoms with van der Waals surface area (Å²) in [4.78, 5) is 2.48. The Labute approximate surface area is 112 Å². The summed E-state index contributed by atoms with van der Waals surface area (Å²) in [5, 5.41) is 0. The maximum Gasteiger partial charge on any atom is 0.0510 e. The lowest BCUT2D eigenvalue weighted by Gasteiger charge is -2.33. The van der Waals surface area contributed by atoms with Gasteiger partial charge in [0.05, 0.1) is 5.69 Å². The van der Waals surface area contributed by atoms with E-state index in [1.54, 1.807) is 0 Å². The standard InChI is InChI=1S/C14H21BrN2/c1-10-4-3-7-17(9-10)14-6-5-12(11(2)16)8-13(14)15/h5-6,8,10-11H,3-4,7,9,16H2,1-2H3/t10?,11-/m0/s1. The molecule has 2 nitrogen and oxygen atoms in total. The highest BCUT2D eigenvalue weighted by molar-refractivity contribution is 9.10. The molecule has 2 N–H and O–H groups in total. The second-order valence-electron chi connectivity index (χ2n) is 5.19. The van der Waals surface area contributed by atoms with E-state index in [-0.39, 0.29) is 6.04 Å². The zero-order valence-electron chi connectivity index (χ0n) is 10.6. The summed E-state index contributed by atoms with van der Waals surface area (Å²) >= 11 is 3.67. The molecule has 2 rings (SSSR count). The van der Waals surface area contributed by atoms with E-state index in [0.717, 1.165) is 12.5 Å². The van der Waals surface area contributed by atoms with Crippen LogP contribution in [-0.4, -0.2) is 13.1 Å². The molecule has 1 saturated heterocycles. The van der Waals surface area contributed by atoms with Gasteiger partial charge < -0.3 is 10.6 Å². The van der Waals surface area contributed by atoms with Gasteiger partial charge in [0.15, 0.2) is 0 Å². The van der Waals surface area contributed by atoms with Gasteiger partial charge in [0.25, 0.3) is 0 Å². The number of nitrogens with two attached hydrogens (primary N) is 1. The van der Waals surface area contributed by atoms with E-state index in [9.17, 15) is 0 Å². The molecule has 1 aromatic carbocycles. The predicted octanol–water partition coefficient (Wildman–Crippen LogP) is 3.71. The number of anilines is 1. The van der Waals surface area contributed by atoms with Crippen molar-refractivity contribution in [2.75, 3.05) is 18.0 Å². The van der Waals surface area contributed by atoms with Crippen molar-refractivity contribution in [3.63, 3.8) is 0 Å². The van der Waals surface area contributed by atoms with E-state index in [0.29, 0.717) is 0 Å². The van der Waals surface area contributed by atoms with E-state index >= 15 is 0 Å². The van der Waals surface area contributed by atoms with E-state index in [4.69, 9.17) is 5.73 Å². The van der Waals surface area contributed by atoms with Crippen molar-refractivity contribution in [1.82, 2.24) is 0 Å². The van der Waals surface area contributed by atoms with Crippen LogP contribution in [-0.2, 0) is 0 Å². The average Bonchev–Trinajstić information content (AvgIpc) is 2.28. The van der Waals surface area contributed by atoms with Crippen molar-refractivity contribution in [1.29, 1.82) is 0 Å². The van der Waals surface area contributed by atoms with E-state index in [2.05, 4.69) is 46.0 Å². The third-order valence-electron chi connectivity index (χ3n) is 3.50. The van der Waals surface area contributed by atoms with Crippen molar-refractivity contribution in [2.24, 2.45) is 11.7 Å². The van der Waals surface area contributed by atoms with E-state index in [1.165, 1.54) is 35.1 Å². The Kier molecular flexibility index (Phi) is 4.10. The molecule has 0 aliphatic carbocycles. The first-order valence-electron chi connectivity index (χ1n) is 6.38. The van der Waals surface area contributed by atoms with Gasteiger partial charge in [0, 0.05) is 23.6 Å². The van der Waals surface area contributed by atoms with Crippen LogP contribution in [0, 0.1) is 5.92 Å². The second-order valence-corrected chi connectivity index (χ2v) is 6.05. The maximum atomic E-state index is 5.90. The Morgan fingerprint density at radius 1 is 1.47 bits per heavy atom. The normalized spacial score (nSPS) is 22.6. The third-order valence-corrected chi connectivity index (χ3v) is 4.13. The molecule has 0 aromatic heterocycles. The van der Waals surface area contributed by atoms with Crippen LogP contribution in [0.3, 0.4) is 0 Å². The fourth-order valence-electron chi connectivity index (χ4n) is 2.47. The van der Waals surface area contributed by atoms with E-state index < -0.39 is 0 Å². The first kappa shape index (κ1) is 12.9. The van der Waals surface area contributed by atoms with Gasteiger partial charge in [-0.05, 0) is 59.3 Å². The molecule has 1 unspecified atom stereocenters. The minimum Gasteiger partial charge on any atom is -0.370 e. The fraction of sp³-hybridized carbons (Fsp3) is 0.571. The Balaban J connectivity index is 2.21. The molecule has 1 aliphatic rings. The molecule has 2 atom stereocenters. The Bertz CT molecular complexity index is 390. The molecule has 0 radical (unpaired) electrons. The zero-order chi connectivity index (χ0) is 12.4. The number of piperidine rings is 1. The van der Waals surface area contributed by atoms with Gasteiger partial charge in [-0.2, -0.15) is 0 Å². The average molecular weight is 297 g/mol. The highest BCUT2D eigenvalue weighted by Gasteiger charge is 2.18. The summed E-state index contributed by atoms with van der Waals surface area (Å²) in [5.74, 6) is 0.795. The lowest BCUT2D eigenvalue weighted by Crippen LogP contribution is -2.34. The summed E-state index contributed by atoms with van der Waals surface area (Å²) in [6.07, 6.45) is 2.65. The van der Waals surface area contributed by atoms with Crippen LogP contribution in [0.2, 0.25) is 0 Å². The van der Waals surface area contributed by atoms with Crippen molar-refractivity contribution < 1.29 is 0 Å². The smallest absolute Gasteiger partial charge is 0.0510 e. The van der Waals surface area contributed by atoms with Gasteiger partial charge in [0.1, 0.15) is 0 Å². The molecule has 3 heteroatoms. The minimum atomic E-state index is 0.0978. The molecular formula is C14H21BrN2. The molecule has 94 valence electrons. The number of hydrogen-bond acceptors (Lipinski definition) is 2. The minimum absolute atomic E-state index is 0.0978. The topological polar surface area (TPSA) is 29.3 Å². The SMILES string of the molecule is CC1CCCN(c2ccc([C@H](C)N)cc2Br)C1. The molecule has 0 amide bonds. The third kappa shape index (κ3) is 3.02. The van der Waals surface area contributed by atoms with Crippen LogP contribution in [0.25, 0.3) is 0 Å². The molecule has 1 heterocycles. The summed E-state index contributed by atoms with van der Waals surface area (Å²) in [6, 6.07) is 6.59. The largest absolute Gasteiger partial charge is 0.370 e. The van der Waals surface area contributed by atoms with Crippen LogP contribution in [0.4, 0.5) is 5.69 Å². The first-order chi connectivity index (χ1) is 8.08. The first-order valence-corrected chi connectivity index (χ1v) is 7.17. The number of hydrogen-bond donors (Lipinski definition) is 1. The van der Waals surface area contributed by atoms with Crippen molar-refractivity contribution in [3.05, 3.63) is 28.2 Å². The Morgan fingerprint density at radius 3 is 2.82 bits per heavy atom. The molecule has 1 aromatic rings. The van der Waals surface area contributed by atoms with Crippen molar-refractivity contribution in [2.45, 2.75) is 32.7 Å². The van der Waals surface area contributed by atoms with Gasteiger partial charge >= 0.3 is 0 Å². The molecule has 0 bridgehead atoms. The quantitative estimate of drug-likeness (QED) is 0.901. The second kappa shape index (κ2) is 5.40. The molecule has 0 saturated carbocycles. The predicted molar refractivity (Wildman–Crippen MR) is 77.4 cm³/mol. The zero-order valence-corrected chi connectivity index (χ0v) is 12.2. The van der Waals surface area contributed by atoms with E-state index in [1.807, 2.05) is 6.92 Å². The molecule has 1 fully saturated rings. The molecule has 1 aliphatic heterocycles. The van der Waals surface area contributed by atoms with Gasteiger partial charge in [-0.1, -0.05) is 13.0 Å². The maximum absolute atomic E-state index is 5.90. The van der Waals surface area contributed by atoms with Crippen LogP contribution in [0.1, 0.15) is 38.3 Å². The van der Waals surface area contributed by atoms with Crippen molar-refractivity contribution in [3.8, 4) is 0 Å². The number of halogens is 1. The monoisotopic (exact) mass is 296 g/mol. The number of nitrogens with zero attached hydrogens (tertiary/aromatic N) is 1. The Hall–Kier alpha value is -0.540. The van der Waals surface area contributed by atoms with Gasteiger partial charge in [-0.3, -0.25) is 0 Å². The van der Waals surface area contributed by atoms with Gasteiger partial charge in [0.2, 0.25) is 0 Å². The van der Waals surface area contributed by atoms with Crippen LogP contribution >= 0.6 is 15.9 Å².